The van der Waals surface area contributed by atoms with Crippen LogP contribution >= 0.6 is 0 Å². The molecular weight excluding hydrogens is 383 g/mol. The smallest absolute Gasteiger partial charge is 0.325 e. The fraction of sp³-hybridized carbons (Fsp3) is 0.333. The van der Waals surface area contributed by atoms with Crippen LogP contribution < -0.4 is 10.6 Å². The maximum Gasteiger partial charge on any atom is 0.418 e. The maximum atomic E-state index is 13.0. The minimum atomic E-state index is -4.57. The third-order valence-electron chi connectivity index (χ3n) is 4.31. The van der Waals surface area contributed by atoms with Crippen LogP contribution in [-0.4, -0.2) is 36.3 Å². The van der Waals surface area contributed by atoms with Crippen molar-refractivity contribution in [2.45, 2.75) is 26.4 Å². The number of rotatable bonds is 8. The molecule has 0 bridgehead atoms. The average Bonchev–Trinajstić information content (AvgIpc) is 2.67. The largest absolute Gasteiger partial charge is 0.418 e. The summed E-state index contributed by atoms with van der Waals surface area (Å²) in [5, 5.41) is 5.06. The van der Waals surface area contributed by atoms with Gasteiger partial charge < -0.3 is 10.6 Å². The lowest BCUT2D eigenvalue weighted by Gasteiger charge is -2.20. The number of hydrogen-bond acceptors (Lipinski definition) is 3. The highest BCUT2D eigenvalue weighted by Gasteiger charge is 2.33. The average molecular weight is 407 g/mol. The summed E-state index contributed by atoms with van der Waals surface area (Å²) in [5.41, 5.74) is 0.527. The Bertz CT molecular complexity index is 853. The first kappa shape index (κ1) is 22.4. The highest BCUT2D eigenvalue weighted by molar-refractivity contribution is 5.95. The molecule has 0 aromatic heterocycles. The van der Waals surface area contributed by atoms with Crippen LogP contribution in [0.5, 0.6) is 0 Å². The van der Waals surface area contributed by atoms with Gasteiger partial charge in [0.2, 0.25) is 11.8 Å². The number of amides is 2. The molecule has 0 saturated heterocycles. The number of likely N-dealkylation sites (N-methyl/N-ethyl adjacent to an activating group) is 1. The normalized spacial score (nSPS) is 11.4. The molecular formula is C21H24F3N3O2. The molecule has 2 aromatic carbocycles. The molecule has 29 heavy (non-hydrogen) atoms. The van der Waals surface area contributed by atoms with Gasteiger partial charge in [-0.3, -0.25) is 14.5 Å². The molecule has 0 unspecified atom stereocenters. The molecule has 2 rings (SSSR count). The van der Waals surface area contributed by atoms with E-state index in [1.807, 2.05) is 25.1 Å². The molecule has 0 spiro atoms. The zero-order valence-electron chi connectivity index (χ0n) is 16.3. The second kappa shape index (κ2) is 10.1. The third-order valence-corrected chi connectivity index (χ3v) is 4.31. The molecule has 0 aliphatic heterocycles. The first-order valence-corrected chi connectivity index (χ1v) is 9.30. The van der Waals surface area contributed by atoms with Crippen LogP contribution in [0.1, 0.15) is 25.0 Å². The van der Waals surface area contributed by atoms with Gasteiger partial charge in [0.05, 0.1) is 24.3 Å². The van der Waals surface area contributed by atoms with Gasteiger partial charge in [0, 0.05) is 5.69 Å². The van der Waals surface area contributed by atoms with E-state index in [4.69, 9.17) is 0 Å². The number of hydrogen-bond donors (Lipinski definition) is 2. The highest BCUT2D eigenvalue weighted by Crippen LogP contribution is 2.34. The first-order valence-electron chi connectivity index (χ1n) is 9.30. The van der Waals surface area contributed by atoms with Gasteiger partial charge in [-0.1, -0.05) is 38.1 Å². The Balaban J connectivity index is 1.95. The summed E-state index contributed by atoms with van der Waals surface area (Å²) in [7, 11) is 0. The van der Waals surface area contributed by atoms with Crippen LogP contribution in [0.25, 0.3) is 0 Å². The van der Waals surface area contributed by atoms with Gasteiger partial charge in [-0.05, 0) is 42.8 Å². The third kappa shape index (κ3) is 6.90. The first-order chi connectivity index (χ1) is 13.7. The molecule has 0 aliphatic rings. The van der Waals surface area contributed by atoms with Gasteiger partial charge in [0.15, 0.2) is 0 Å². The molecule has 2 amide bonds. The number of carbonyl (C=O) groups excluding carboxylic acids is 2. The quantitative estimate of drug-likeness (QED) is 0.691. The topological polar surface area (TPSA) is 61.4 Å². The van der Waals surface area contributed by atoms with Gasteiger partial charge in [0.1, 0.15) is 0 Å². The predicted molar refractivity (Wildman–Crippen MR) is 107 cm³/mol. The van der Waals surface area contributed by atoms with Crippen LogP contribution in [0, 0.1) is 0 Å². The number of carbonyl (C=O) groups is 2. The van der Waals surface area contributed by atoms with Crippen LogP contribution in [0.3, 0.4) is 0 Å². The van der Waals surface area contributed by atoms with Crippen LogP contribution in [0.4, 0.5) is 24.5 Å². The van der Waals surface area contributed by atoms with E-state index in [1.54, 1.807) is 17.9 Å². The van der Waals surface area contributed by atoms with Crippen molar-refractivity contribution in [3.8, 4) is 0 Å². The van der Waals surface area contributed by atoms with Gasteiger partial charge in [-0.2, -0.15) is 13.2 Å². The van der Waals surface area contributed by atoms with E-state index in [2.05, 4.69) is 10.6 Å². The van der Waals surface area contributed by atoms with E-state index in [-0.39, 0.29) is 24.7 Å². The number of alkyl halides is 3. The molecule has 156 valence electrons. The number of benzene rings is 2. The Hall–Kier alpha value is -2.87. The Morgan fingerprint density at radius 2 is 1.59 bits per heavy atom. The van der Waals surface area contributed by atoms with Crippen molar-refractivity contribution in [1.29, 1.82) is 0 Å². The number of halogens is 3. The number of anilines is 2. The second-order valence-corrected chi connectivity index (χ2v) is 6.50. The van der Waals surface area contributed by atoms with Crippen molar-refractivity contribution in [3.05, 3.63) is 59.7 Å². The van der Waals surface area contributed by atoms with Crippen molar-refractivity contribution in [2.75, 3.05) is 30.3 Å². The molecule has 0 fully saturated rings. The summed E-state index contributed by atoms with van der Waals surface area (Å²) < 4.78 is 39.1. The zero-order chi connectivity index (χ0) is 21.4. The molecule has 0 radical (unpaired) electrons. The summed E-state index contributed by atoms with van der Waals surface area (Å²) >= 11 is 0. The summed E-state index contributed by atoms with van der Waals surface area (Å²) in [6, 6.07) is 12.2. The zero-order valence-corrected chi connectivity index (χ0v) is 16.3. The molecule has 2 N–H and O–H groups in total. The number of nitrogens with zero attached hydrogens (tertiary/aromatic N) is 1. The molecule has 2 aromatic rings. The molecule has 0 atom stereocenters. The van der Waals surface area contributed by atoms with E-state index >= 15 is 0 Å². The molecule has 8 heteroatoms. The summed E-state index contributed by atoms with van der Waals surface area (Å²) in [6.07, 6.45) is -3.73. The van der Waals surface area contributed by atoms with Crippen LogP contribution in [0.15, 0.2) is 48.5 Å². The number of aryl methyl sites for hydroxylation is 1. The molecule has 0 saturated carbocycles. The van der Waals surface area contributed by atoms with Crippen molar-refractivity contribution < 1.29 is 22.8 Å². The van der Waals surface area contributed by atoms with Gasteiger partial charge in [-0.25, -0.2) is 0 Å². The SMILES string of the molecule is CCc1cccc(NC(=O)CN(CC)CC(=O)Nc2ccccc2C(F)(F)F)c1. The lowest BCUT2D eigenvalue weighted by Crippen LogP contribution is -2.38. The Kier molecular flexibility index (Phi) is 7.78. The lowest BCUT2D eigenvalue weighted by molar-refractivity contribution is -0.137. The van der Waals surface area contributed by atoms with E-state index in [0.29, 0.717) is 12.2 Å². The highest BCUT2D eigenvalue weighted by atomic mass is 19.4. The summed E-state index contributed by atoms with van der Waals surface area (Å²) in [6.45, 7) is 3.90. The minimum Gasteiger partial charge on any atom is -0.325 e. The summed E-state index contributed by atoms with van der Waals surface area (Å²) in [4.78, 5) is 26.1. The van der Waals surface area contributed by atoms with Gasteiger partial charge in [-0.15, -0.1) is 0 Å². The lowest BCUT2D eigenvalue weighted by atomic mass is 10.1. The number of para-hydroxylation sites is 1. The van der Waals surface area contributed by atoms with E-state index in [1.165, 1.54) is 18.2 Å². The molecule has 5 nitrogen and oxygen atoms in total. The second-order valence-electron chi connectivity index (χ2n) is 6.50. The van der Waals surface area contributed by atoms with Crippen molar-refractivity contribution in [3.63, 3.8) is 0 Å². The molecule has 0 heterocycles. The van der Waals surface area contributed by atoms with Gasteiger partial charge >= 0.3 is 6.18 Å². The summed E-state index contributed by atoms with van der Waals surface area (Å²) in [5.74, 6) is -0.923. The van der Waals surface area contributed by atoms with Crippen LogP contribution in [0.2, 0.25) is 0 Å². The van der Waals surface area contributed by atoms with E-state index < -0.39 is 17.6 Å². The Morgan fingerprint density at radius 1 is 0.931 bits per heavy atom. The monoisotopic (exact) mass is 407 g/mol. The van der Waals surface area contributed by atoms with Crippen molar-refractivity contribution >= 4 is 23.2 Å². The fourth-order valence-electron chi connectivity index (χ4n) is 2.78. The van der Waals surface area contributed by atoms with Crippen molar-refractivity contribution in [1.82, 2.24) is 4.90 Å². The Labute approximate surface area is 167 Å². The maximum absolute atomic E-state index is 13.0. The standard InChI is InChI=1S/C21H24F3N3O2/c1-3-15-8-7-9-16(12-15)25-19(28)13-27(4-2)14-20(29)26-18-11-6-5-10-17(18)21(22,23)24/h5-12H,3-4,13-14H2,1-2H3,(H,25,28)(H,26,29). The number of nitrogens with one attached hydrogen (secondary N) is 2. The van der Waals surface area contributed by atoms with Crippen LogP contribution in [-0.2, 0) is 22.2 Å². The van der Waals surface area contributed by atoms with E-state index in [0.717, 1.165) is 18.1 Å². The molecule has 0 aliphatic carbocycles. The predicted octanol–water partition coefficient (Wildman–Crippen LogP) is 4.17. The minimum absolute atomic E-state index is 0.0544. The van der Waals surface area contributed by atoms with E-state index in [9.17, 15) is 22.8 Å². The van der Waals surface area contributed by atoms with Gasteiger partial charge in [0.25, 0.3) is 0 Å². The Morgan fingerprint density at radius 3 is 2.21 bits per heavy atom. The van der Waals surface area contributed by atoms with Crippen molar-refractivity contribution in [2.24, 2.45) is 0 Å². The fourth-order valence-corrected chi connectivity index (χ4v) is 2.78.